The highest BCUT2D eigenvalue weighted by molar-refractivity contribution is 6.03. The molecule has 48 heteroatoms. The van der Waals surface area contributed by atoms with Gasteiger partial charge in [-0.3, -0.25) is 106 Å². The summed E-state index contributed by atoms with van der Waals surface area (Å²) < 4.78 is 0. The lowest BCUT2D eigenvalue weighted by Gasteiger charge is -2.32. The van der Waals surface area contributed by atoms with Crippen molar-refractivity contribution in [1.82, 2.24) is 114 Å². The number of terminal acetylenes is 5. The van der Waals surface area contributed by atoms with E-state index >= 15 is 0 Å². The predicted octanol–water partition coefficient (Wildman–Crippen LogP) is -9.04. The van der Waals surface area contributed by atoms with Gasteiger partial charge in [-0.1, -0.05) is 13.8 Å². The van der Waals surface area contributed by atoms with E-state index in [1.165, 1.54) is 48.7 Å². The normalized spacial score (nSPS) is 19.4. The first-order valence-corrected chi connectivity index (χ1v) is 44.1. The van der Waals surface area contributed by atoms with Gasteiger partial charge in [0.25, 0.3) is 0 Å². The molecular formula is C87H121N25O23. The third kappa shape index (κ3) is 32.0. The summed E-state index contributed by atoms with van der Waals surface area (Å²) in [7, 11) is 0. The van der Waals surface area contributed by atoms with Crippen LogP contribution in [0.3, 0.4) is 0 Å². The van der Waals surface area contributed by atoms with Gasteiger partial charge in [0.15, 0.2) is 5.96 Å². The van der Waals surface area contributed by atoms with Crippen molar-refractivity contribution in [2.24, 2.45) is 17.4 Å². The molecule has 0 radical (unpaired) electrons. The number of hydrogen-bond acceptors (Lipinski definition) is 24. The molecule has 23 N–H and O–H groups in total. The van der Waals surface area contributed by atoms with Crippen molar-refractivity contribution in [2.75, 3.05) is 52.4 Å². The summed E-state index contributed by atoms with van der Waals surface area (Å²) in [6, 6.07) is -24.9. The number of guanidine groups is 1. The van der Waals surface area contributed by atoms with Crippen LogP contribution in [0.25, 0.3) is 0 Å². The fourth-order valence-electron chi connectivity index (χ4n) is 15.9. The van der Waals surface area contributed by atoms with Gasteiger partial charge >= 0.3 is 11.9 Å². The molecular weight excluding hydrogens is 1760 g/mol. The van der Waals surface area contributed by atoms with Crippen LogP contribution in [0, 0.1) is 73.0 Å². The predicted molar refractivity (Wildman–Crippen MR) is 477 cm³/mol. The number of likely N-dealkylation sites (tertiary alicyclic amines) is 5. The van der Waals surface area contributed by atoms with Gasteiger partial charge in [-0.15, -0.1) is 61.7 Å². The van der Waals surface area contributed by atoms with Crippen LogP contribution in [0.15, 0.2) is 12.5 Å². The number of aromatic amines is 1. The summed E-state index contributed by atoms with van der Waals surface area (Å²) in [5.41, 5.74) is 12.0. The molecule has 0 aromatic carbocycles. The van der Waals surface area contributed by atoms with Gasteiger partial charge in [0, 0.05) is 84.0 Å². The fraction of sp³-hybridized carbons (Fsp3) is 0.598. The molecule has 18 atom stereocenters. The van der Waals surface area contributed by atoms with Crippen LogP contribution in [0.4, 0.5) is 0 Å². The van der Waals surface area contributed by atoms with Gasteiger partial charge < -0.3 is 131 Å². The summed E-state index contributed by atoms with van der Waals surface area (Å²) in [5.74, 6) is -9.24. The molecule has 5 fully saturated rings. The number of imidazole rings is 1. The molecule has 0 unspecified atom stereocenters. The number of amides is 19. The van der Waals surface area contributed by atoms with Crippen molar-refractivity contribution in [3.05, 3.63) is 18.2 Å². The zero-order valence-electron chi connectivity index (χ0n) is 75.9. The molecule has 5 aliphatic rings. The van der Waals surface area contributed by atoms with Crippen LogP contribution in [-0.4, -0.2) is 336 Å². The second-order valence-corrected chi connectivity index (χ2v) is 33.4. The Morgan fingerprint density at radius 2 is 0.793 bits per heavy atom. The number of H-pyrrole nitrogens is 1. The number of carboxylic acid groups (broad SMARTS) is 2. The molecule has 0 saturated carbocycles. The molecule has 6 rings (SSSR count). The molecule has 0 aliphatic carbocycles. The molecule has 5 saturated heterocycles. The summed E-state index contributed by atoms with van der Waals surface area (Å²) >= 11 is 0. The van der Waals surface area contributed by atoms with Crippen molar-refractivity contribution >= 4 is 130 Å². The van der Waals surface area contributed by atoms with Crippen LogP contribution < -0.4 is 91.2 Å². The molecule has 1 aromatic rings. The number of aromatic nitrogens is 2. The summed E-state index contributed by atoms with van der Waals surface area (Å²) in [6.07, 6.45) is 29.5. The lowest BCUT2D eigenvalue weighted by Crippen LogP contribution is -2.60. The zero-order valence-corrected chi connectivity index (χ0v) is 75.9. The average molecular weight is 1890 g/mol. The Labute approximate surface area is 779 Å². The van der Waals surface area contributed by atoms with E-state index in [4.69, 9.17) is 49.0 Å². The highest BCUT2D eigenvalue weighted by Crippen LogP contribution is 2.28. The largest absolute Gasteiger partial charge is 0.481 e. The molecule has 732 valence electrons. The third-order valence-corrected chi connectivity index (χ3v) is 22.9. The smallest absolute Gasteiger partial charge is 0.325 e. The van der Waals surface area contributed by atoms with Crippen molar-refractivity contribution in [3.63, 3.8) is 0 Å². The van der Waals surface area contributed by atoms with Crippen molar-refractivity contribution < 1.29 is 111 Å². The van der Waals surface area contributed by atoms with E-state index in [2.05, 4.69) is 119 Å². The van der Waals surface area contributed by atoms with E-state index < -0.39 is 296 Å². The Hall–Kier alpha value is -14.9. The van der Waals surface area contributed by atoms with Crippen molar-refractivity contribution in [2.45, 2.75) is 272 Å². The van der Waals surface area contributed by atoms with Crippen LogP contribution in [0.2, 0.25) is 0 Å². The second kappa shape index (κ2) is 53.0. The standard InChI is InChI=1S/C87H121N25O23/c1-12-23-53(72(120)101-54(24-13-2)70(118)97-48(9)83(131)112-39-22-33-64(112)85(133)111-38-21-31-62(111)78(126)99-50(11)86(134)135)100-65(113)43-94-76(124)60-29-18-35-108(60)82(130)49(10)98-77(125)61-30-20-37-110(61)84(132)58(28-17-34-92-87(89)90)105-74(122)56(26-15-4)103-75(123)59(41-67(115)116)106-79(127)63-32-19-36-109(63)81(129)47(8)96-71(119)55(25-14-3)102-73(121)57(27-16-5)104-80(128)68(46(6)7)107-66(114)44-93-69(117)52(88)40-51-42-91-45-95-51/h1-5,42,45-50,52-64,68H,17-41,43-44,88H2,6-11H3,(H,91,95)(H,93,117)(H,94,124)(H,96,119)(H,97,118)(H,98,125)(H,99,126)(H,100,113)(H,101,120)(H,102,121)(H,103,123)(H,104,128)(H,105,122)(H,106,127)(H,107,114)(H,115,116)(H,134,135)(H4,89,90,92)/t47-,48-,49-,50-,52-,53-,54-,55-,56-,57-,58-,59-,60-,61-,62-,63-,64-,68-/m0/s1. The van der Waals surface area contributed by atoms with Gasteiger partial charge in [-0.2, -0.15) is 0 Å². The van der Waals surface area contributed by atoms with Gasteiger partial charge in [0.2, 0.25) is 112 Å². The maximum Gasteiger partial charge on any atom is 0.325 e. The number of carboxylic acids is 2. The lowest BCUT2D eigenvalue weighted by molar-refractivity contribution is -0.148. The summed E-state index contributed by atoms with van der Waals surface area (Å²) in [4.78, 5) is 299. The number of carbonyl (C=O) groups is 21. The molecule has 1 aromatic heterocycles. The number of carbonyl (C=O) groups excluding carboxylic acids is 19. The zero-order chi connectivity index (χ0) is 100. The van der Waals surface area contributed by atoms with Gasteiger partial charge in [-0.05, 0) is 111 Å². The number of nitrogens with zero attached hydrogens (tertiary/aromatic N) is 6. The first kappa shape index (κ1) is 109. The minimum absolute atomic E-state index is 0.0145. The Bertz CT molecular complexity index is 4800. The SMILES string of the molecule is C#CC[C@H](NC(=O)CNC(=O)[C@@H]1CCCN1C(=O)[C@H](C)NC(=O)[C@@H]1CCCN1C(=O)[C@H](CCCNC(=N)N)NC(=O)[C@H](CC#C)NC(=O)[C@H](CC(=O)O)NC(=O)[C@@H]1CCCN1C(=O)[C@H](C)NC(=O)[C@H](CC#C)NC(=O)[C@H](CC#C)NC(=O)[C@@H](NC(=O)CNC(=O)[C@@H](N)Cc1c[nH]cn1)C(C)C)C(=O)N[C@@H](CC#C)C(=O)N[C@@H](C)C(=O)N1CCC[C@H]1C(=O)N1CCC[C@H]1C(=O)N[C@@H](C)C(=O)O. The van der Waals surface area contributed by atoms with Crippen LogP contribution in [0.1, 0.15) is 163 Å². The number of rotatable bonds is 48. The number of nitrogens with two attached hydrogens (primary N) is 2. The number of hydrogen-bond donors (Lipinski definition) is 21. The van der Waals surface area contributed by atoms with Gasteiger partial charge in [0.05, 0.1) is 37.6 Å². The molecule has 48 nitrogen and oxygen atoms in total. The summed E-state index contributed by atoms with van der Waals surface area (Å²) in [6.45, 7) is 7.17. The van der Waals surface area contributed by atoms with Crippen LogP contribution in [0.5, 0.6) is 0 Å². The van der Waals surface area contributed by atoms with Gasteiger partial charge in [-0.25, -0.2) is 4.98 Å². The van der Waals surface area contributed by atoms with Gasteiger partial charge in [0.1, 0.15) is 103 Å². The molecule has 135 heavy (non-hydrogen) atoms. The third-order valence-electron chi connectivity index (χ3n) is 22.9. The Morgan fingerprint density at radius 3 is 1.22 bits per heavy atom. The minimum Gasteiger partial charge on any atom is -0.481 e. The van der Waals surface area contributed by atoms with E-state index in [1.54, 1.807) is 20.0 Å². The van der Waals surface area contributed by atoms with E-state index in [0.29, 0.717) is 25.0 Å². The monoisotopic (exact) mass is 1880 g/mol. The lowest BCUT2D eigenvalue weighted by atomic mass is 10.0. The maximum atomic E-state index is 14.8. The molecule has 6 heterocycles. The Morgan fingerprint density at radius 1 is 0.430 bits per heavy atom. The van der Waals surface area contributed by atoms with Crippen molar-refractivity contribution in [3.8, 4) is 61.7 Å². The highest BCUT2D eigenvalue weighted by atomic mass is 16.4. The molecule has 19 amide bonds. The first-order chi connectivity index (χ1) is 64.0. The number of aliphatic carboxylic acids is 2. The second-order valence-electron chi connectivity index (χ2n) is 33.4. The average Bonchev–Trinajstić information content (AvgIpc) is 1.66. The molecule has 5 aliphatic heterocycles. The van der Waals surface area contributed by atoms with E-state index in [-0.39, 0.29) is 103 Å². The molecule has 0 spiro atoms. The fourth-order valence-corrected chi connectivity index (χ4v) is 15.9. The molecule has 0 bridgehead atoms. The number of nitrogens with one attached hydrogen (secondary N) is 17. The van der Waals surface area contributed by atoms with E-state index in [9.17, 15) is 111 Å². The van der Waals surface area contributed by atoms with Crippen LogP contribution in [-0.2, 0) is 107 Å². The topological polar surface area (TPSA) is 700 Å². The Balaban J connectivity index is 1.02. The Kier molecular flexibility index (Phi) is 42.7. The quantitative estimate of drug-likeness (QED) is 0.0125. The van der Waals surface area contributed by atoms with E-state index in [0.717, 1.165) is 9.80 Å². The van der Waals surface area contributed by atoms with Crippen molar-refractivity contribution in [1.29, 1.82) is 5.41 Å². The van der Waals surface area contributed by atoms with Crippen LogP contribution >= 0.6 is 0 Å². The first-order valence-electron chi connectivity index (χ1n) is 44.1. The summed E-state index contributed by atoms with van der Waals surface area (Å²) in [5, 5.41) is 63.8. The highest BCUT2D eigenvalue weighted by Gasteiger charge is 2.47. The maximum absolute atomic E-state index is 14.8. The van der Waals surface area contributed by atoms with E-state index in [1.807, 2.05) is 0 Å². The minimum atomic E-state index is -1.97.